The van der Waals surface area contributed by atoms with Crippen molar-refractivity contribution < 1.29 is 9.53 Å². The van der Waals surface area contributed by atoms with Crippen molar-refractivity contribution in [2.45, 2.75) is 18.8 Å². The average Bonchev–Trinajstić information content (AvgIpc) is 3.30. The zero-order valence-corrected chi connectivity index (χ0v) is 13.3. The van der Waals surface area contributed by atoms with Crippen molar-refractivity contribution in [2.24, 2.45) is 0 Å². The fraction of sp³-hybridized carbons (Fsp3) is 0.375. The average molecular weight is 326 g/mol. The number of esters is 1. The topological polar surface area (TPSA) is 88.4 Å². The molecule has 124 valence electrons. The molecule has 1 fully saturated rings. The van der Waals surface area contributed by atoms with E-state index in [1.165, 1.54) is 7.11 Å². The first-order valence-electron chi connectivity index (χ1n) is 7.93. The maximum atomic E-state index is 11.5. The zero-order valence-electron chi connectivity index (χ0n) is 13.3. The second kappa shape index (κ2) is 5.95. The van der Waals surface area contributed by atoms with Gasteiger partial charge in [0.25, 0.3) is 0 Å². The minimum Gasteiger partial charge on any atom is -0.464 e. The fourth-order valence-corrected chi connectivity index (χ4v) is 3.20. The van der Waals surface area contributed by atoms with Crippen LogP contribution >= 0.6 is 0 Å². The van der Waals surface area contributed by atoms with Crippen molar-refractivity contribution in [2.75, 3.05) is 25.1 Å². The summed E-state index contributed by atoms with van der Waals surface area (Å²) in [6.45, 7) is 1.80. The lowest BCUT2D eigenvalue weighted by Crippen LogP contribution is -2.34. The third kappa shape index (κ3) is 2.49. The van der Waals surface area contributed by atoms with Gasteiger partial charge in [0.15, 0.2) is 5.65 Å². The Morgan fingerprint density at radius 2 is 2.08 bits per heavy atom. The number of carbonyl (C=O) groups excluding carboxylic acids is 1. The summed E-state index contributed by atoms with van der Waals surface area (Å²) in [4.78, 5) is 25.6. The number of imidazole rings is 1. The van der Waals surface area contributed by atoms with Crippen molar-refractivity contribution in [3.63, 3.8) is 0 Å². The predicted octanol–water partition coefficient (Wildman–Crippen LogP) is 1.62. The molecule has 1 aliphatic heterocycles. The first-order chi connectivity index (χ1) is 11.8. The van der Waals surface area contributed by atoms with Crippen LogP contribution in [0.15, 0.2) is 30.7 Å². The minimum absolute atomic E-state index is 0.314. The van der Waals surface area contributed by atoms with Crippen LogP contribution in [0.1, 0.15) is 35.1 Å². The summed E-state index contributed by atoms with van der Waals surface area (Å²) in [7, 11) is 1.37. The molecule has 3 aromatic rings. The molecule has 3 aromatic heterocycles. The fourth-order valence-electron chi connectivity index (χ4n) is 3.20. The van der Waals surface area contributed by atoms with Gasteiger partial charge in [0.05, 0.1) is 19.5 Å². The molecule has 0 spiro atoms. The summed E-state index contributed by atoms with van der Waals surface area (Å²) in [6, 6.07) is 3.88. The number of aromatic amines is 1. The van der Waals surface area contributed by atoms with Gasteiger partial charge in [0.1, 0.15) is 17.3 Å². The number of H-pyrrole nitrogens is 1. The molecule has 1 saturated heterocycles. The van der Waals surface area contributed by atoms with Gasteiger partial charge in [0, 0.05) is 31.3 Å². The molecule has 8 nitrogen and oxygen atoms in total. The summed E-state index contributed by atoms with van der Waals surface area (Å²) >= 11 is 0. The maximum absolute atomic E-state index is 11.5. The molecule has 24 heavy (non-hydrogen) atoms. The molecule has 1 aliphatic rings. The Morgan fingerprint density at radius 1 is 1.25 bits per heavy atom. The number of anilines is 1. The Hall–Kier alpha value is -2.90. The van der Waals surface area contributed by atoms with Gasteiger partial charge in [0.2, 0.25) is 0 Å². The van der Waals surface area contributed by atoms with Crippen molar-refractivity contribution >= 4 is 17.4 Å². The molecule has 8 heteroatoms. The molecule has 0 saturated carbocycles. The largest absolute Gasteiger partial charge is 0.464 e. The molecule has 1 N–H and O–H groups in total. The zero-order chi connectivity index (χ0) is 16.5. The molecular formula is C16H18N6O2. The summed E-state index contributed by atoms with van der Waals surface area (Å²) in [5.41, 5.74) is 1.26. The lowest BCUT2D eigenvalue weighted by molar-refractivity contribution is 0.0594. The van der Waals surface area contributed by atoms with Gasteiger partial charge in [-0.1, -0.05) is 0 Å². The van der Waals surface area contributed by atoms with Crippen molar-refractivity contribution in [3.05, 3.63) is 42.2 Å². The van der Waals surface area contributed by atoms with E-state index in [2.05, 4.69) is 25.0 Å². The van der Waals surface area contributed by atoms with Crippen molar-refractivity contribution in [3.8, 4) is 0 Å². The van der Waals surface area contributed by atoms with Gasteiger partial charge in [-0.3, -0.25) is 0 Å². The highest BCUT2D eigenvalue weighted by Crippen LogP contribution is 2.28. The van der Waals surface area contributed by atoms with Gasteiger partial charge < -0.3 is 14.6 Å². The van der Waals surface area contributed by atoms with E-state index in [-0.39, 0.29) is 5.97 Å². The lowest BCUT2D eigenvalue weighted by atomic mass is 9.96. The summed E-state index contributed by atoms with van der Waals surface area (Å²) in [6.07, 6.45) is 7.03. The first kappa shape index (κ1) is 14.7. The minimum atomic E-state index is -0.385. The number of rotatable bonds is 3. The van der Waals surface area contributed by atoms with Crippen LogP contribution in [-0.4, -0.2) is 50.7 Å². The number of fused-ring (bicyclic) bond motifs is 1. The SMILES string of the molecule is COC(=O)c1cnc(C2CCN(c3ccnc4ccnn34)CC2)[nH]1. The third-order valence-electron chi connectivity index (χ3n) is 4.48. The van der Waals surface area contributed by atoms with E-state index in [1.54, 1.807) is 12.4 Å². The Bertz CT molecular complexity index is 862. The quantitative estimate of drug-likeness (QED) is 0.736. The highest BCUT2D eigenvalue weighted by molar-refractivity contribution is 5.86. The molecular weight excluding hydrogens is 308 g/mol. The number of piperidine rings is 1. The molecule has 0 aliphatic carbocycles. The number of ether oxygens (including phenoxy) is 1. The summed E-state index contributed by atoms with van der Waals surface area (Å²) < 4.78 is 6.57. The van der Waals surface area contributed by atoms with Crippen LogP contribution in [0, 0.1) is 0 Å². The number of carbonyl (C=O) groups is 1. The van der Waals surface area contributed by atoms with Crippen LogP contribution in [0.5, 0.6) is 0 Å². The van der Waals surface area contributed by atoms with Gasteiger partial charge in [-0.2, -0.15) is 9.61 Å². The Labute approximate surface area is 138 Å². The predicted molar refractivity (Wildman–Crippen MR) is 87.1 cm³/mol. The monoisotopic (exact) mass is 326 g/mol. The smallest absolute Gasteiger partial charge is 0.356 e. The van der Waals surface area contributed by atoms with Crippen molar-refractivity contribution in [1.29, 1.82) is 0 Å². The summed E-state index contributed by atoms with van der Waals surface area (Å²) in [5, 5.41) is 4.35. The van der Waals surface area contributed by atoms with Gasteiger partial charge in [-0.25, -0.2) is 14.8 Å². The number of nitrogens with zero attached hydrogens (tertiary/aromatic N) is 5. The summed E-state index contributed by atoms with van der Waals surface area (Å²) in [5.74, 6) is 1.84. The van der Waals surface area contributed by atoms with E-state index in [4.69, 9.17) is 4.74 Å². The number of methoxy groups -OCH3 is 1. The molecule has 0 atom stereocenters. The lowest BCUT2D eigenvalue weighted by Gasteiger charge is -2.32. The molecule has 0 aromatic carbocycles. The van der Waals surface area contributed by atoms with Crippen molar-refractivity contribution in [1.82, 2.24) is 24.6 Å². The first-order valence-corrected chi connectivity index (χ1v) is 7.93. The Kier molecular flexibility index (Phi) is 3.64. The standard InChI is InChI=1S/C16H18N6O2/c1-24-16(23)12-10-18-15(20-12)11-4-8-21(9-5-11)14-3-6-17-13-2-7-19-22(13)14/h2-3,6-7,10-11H,4-5,8-9H2,1H3,(H,18,20). The maximum Gasteiger partial charge on any atom is 0.356 e. The van der Waals surface area contributed by atoms with E-state index >= 15 is 0 Å². The molecule has 4 rings (SSSR count). The van der Waals surface area contributed by atoms with Crippen LogP contribution in [-0.2, 0) is 4.74 Å². The van der Waals surface area contributed by atoms with E-state index in [1.807, 2.05) is 22.8 Å². The second-order valence-electron chi connectivity index (χ2n) is 5.84. The van der Waals surface area contributed by atoms with Gasteiger partial charge in [-0.05, 0) is 18.9 Å². The molecule has 4 heterocycles. The molecule has 0 unspecified atom stereocenters. The van der Waals surface area contributed by atoms with Crippen LogP contribution in [0.25, 0.3) is 5.65 Å². The van der Waals surface area contributed by atoms with E-state index in [0.29, 0.717) is 11.6 Å². The van der Waals surface area contributed by atoms with Gasteiger partial charge >= 0.3 is 5.97 Å². The number of hydrogen-bond donors (Lipinski definition) is 1. The third-order valence-corrected chi connectivity index (χ3v) is 4.48. The van der Waals surface area contributed by atoms with Crippen LogP contribution < -0.4 is 4.90 Å². The highest BCUT2D eigenvalue weighted by Gasteiger charge is 2.25. The number of hydrogen-bond acceptors (Lipinski definition) is 6. The Balaban J connectivity index is 1.48. The molecule has 0 bridgehead atoms. The molecule has 0 amide bonds. The second-order valence-corrected chi connectivity index (χ2v) is 5.84. The normalized spacial score (nSPS) is 15.8. The van der Waals surface area contributed by atoms with Gasteiger partial charge in [-0.15, -0.1) is 0 Å². The highest BCUT2D eigenvalue weighted by atomic mass is 16.5. The van der Waals surface area contributed by atoms with E-state index < -0.39 is 0 Å². The Morgan fingerprint density at radius 3 is 2.88 bits per heavy atom. The molecule has 0 radical (unpaired) electrons. The van der Waals surface area contributed by atoms with Crippen LogP contribution in [0.2, 0.25) is 0 Å². The van der Waals surface area contributed by atoms with E-state index in [0.717, 1.165) is 43.2 Å². The van der Waals surface area contributed by atoms with Crippen LogP contribution in [0.3, 0.4) is 0 Å². The number of nitrogens with one attached hydrogen (secondary N) is 1. The van der Waals surface area contributed by atoms with E-state index in [9.17, 15) is 4.79 Å². The number of aromatic nitrogens is 5. The van der Waals surface area contributed by atoms with Crippen LogP contribution in [0.4, 0.5) is 5.82 Å².